The van der Waals surface area contributed by atoms with E-state index >= 15 is 0 Å². The second kappa shape index (κ2) is 9.54. The van der Waals surface area contributed by atoms with Crippen LogP contribution in [0.1, 0.15) is 16.7 Å². The summed E-state index contributed by atoms with van der Waals surface area (Å²) in [5.74, 6) is 1.06. The van der Waals surface area contributed by atoms with E-state index in [2.05, 4.69) is 10.5 Å². The average Bonchev–Trinajstić information content (AvgIpc) is 2.73. The van der Waals surface area contributed by atoms with Gasteiger partial charge in [0.05, 0.1) is 24.6 Å². The minimum absolute atomic E-state index is 0.230. The molecule has 0 aliphatic carbocycles. The average molecular weight is 435 g/mol. The number of alkyl halides is 3. The Bertz CT molecular complexity index is 1020. The van der Waals surface area contributed by atoms with E-state index in [0.29, 0.717) is 28.7 Å². The van der Waals surface area contributed by atoms with Crippen LogP contribution in [0.25, 0.3) is 0 Å². The van der Waals surface area contributed by atoms with Crippen LogP contribution in [0.3, 0.4) is 0 Å². The Morgan fingerprint density at radius 1 is 1.00 bits per heavy atom. The van der Waals surface area contributed by atoms with Gasteiger partial charge in [-0.3, -0.25) is 5.43 Å². The second-order valence-electron chi connectivity index (χ2n) is 6.27. The first-order chi connectivity index (χ1) is 14.3. The predicted molar refractivity (Wildman–Crippen MR) is 111 cm³/mol. The number of hydrogen-bond donors (Lipinski definition) is 1. The van der Waals surface area contributed by atoms with Crippen LogP contribution < -0.4 is 14.9 Å². The van der Waals surface area contributed by atoms with Crippen molar-refractivity contribution in [2.24, 2.45) is 5.10 Å². The summed E-state index contributed by atoms with van der Waals surface area (Å²) in [6.07, 6.45) is -2.93. The third kappa shape index (κ3) is 5.90. The monoisotopic (exact) mass is 434 g/mol. The van der Waals surface area contributed by atoms with Gasteiger partial charge >= 0.3 is 6.18 Å². The molecule has 0 heterocycles. The fraction of sp³-hybridized carbons (Fsp3) is 0.136. The highest BCUT2D eigenvalue weighted by atomic mass is 35.5. The van der Waals surface area contributed by atoms with Gasteiger partial charge in [0.15, 0.2) is 11.5 Å². The van der Waals surface area contributed by atoms with E-state index in [0.717, 1.165) is 17.7 Å². The summed E-state index contributed by atoms with van der Waals surface area (Å²) in [5.41, 5.74) is 3.71. The summed E-state index contributed by atoms with van der Waals surface area (Å²) in [6, 6.07) is 17.3. The van der Waals surface area contributed by atoms with Crippen LogP contribution >= 0.6 is 11.6 Å². The Kier molecular flexibility index (Phi) is 6.84. The zero-order valence-electron chi connectivity index (χ0n) is 15.9. The number of halogens is 4. The number of rotatable bonds is 7. The molecule has 1 N–H and O–H groups in total. The molecule has 30 heavy (non-hydrogen) atoms. The van der Waals surface area contributed by atoms with Gasteiger partial charge in [-0.25, -0.2) is 0 Å². The van der Waals surface area contributed by atoms with Crippen LogP contribution in [0, 0.1) is 0 Å². The Labute approximate surface area is 176 Å². The van der Waals surface area contributed by atoms with E-state index in [4.69, 9.17) is 21.1 Å². The van der Waals surface area contributed by atoms with Crippen molar-refractivity contribution in [1.29, 1.82) is 0 Å². The maximum absolute atomic E-state index is 12.8. The molecular formula is C22H18ClF3N2O2. The van der Waals surface area contributed by atoms with Gasteiger partial charge in [-0.2, -0.15) is 18.3 Å². The fourth-order valence-corrected chi connectivity index (χ4v) is 2.70. The molecule has 3 rings (SSSR count). The first kappa shape index (κ1) is 21.5. The molecule has 0 aromatic heterocycles. The molecule has 3 aromatic rings. The molecule has 0 spiro atoms. The minimum Gasteiger partial charge on any atom is -0.493 e. The van der Waals surface area contributed by atoms with Crippen molar-refractivity contribution in [3.05, 3.63) is 88.4 Å². The van der Waals surface area contributed by atoms with Crippen LogP contribution in [0.15, 0.2) is 71.8 Å². The summed E-state index contributed by atoms with van der Waals surface area (Å²) in [4.78, 5) is 0. The van der Waals surface area contributed by atoms with Crippen molar-refractivity contribution < 1.29 is 22.6 Å². The lowest BCUT2D eigenvalue weighted by atomic mass is 10.2. The molecule has 0 unspecified atom stereocenters. The van der Waals surface area contributed by atoms with Gasteiger partial charge in [0, 0.05) is 5.02 Å². The Hall–Kier alpha value is -3.19. The second-order valence-corrected chi connectivity index (χ2v) is 6.71. The number of nitrogens with zero attached hydrogens (tertiary/aromatic N) is 1. The molecule has 0 saturated heterocycles. The molecule has 0 radical (unpaired) electrons. The summed E-state index contributed by atoms with van der Waals surface area (Å²) in [7, 11) is 1.54. The van der Waals surface area contributed by atoms with Crippen LogP contribution in [-0.2, 0) is 12.8 Å². The zero-order valence-corrected chi connectivity index (χ0v) is 16.7. The highest BCUT2D eigenvalue weighted by Gasteiger charge is 2.30. The van der Waals surface area contributed by atoms with Crippen LogP contribution in [-0.4, -0.2) is 13.3 Å². The molecular weight excluding hydrogens is 417 g/mol. The van der Waals surface area contributed by atoms with Gasteiger partial charge < -0.3 is 9.47 Å². The van der Waals surface area contributed by atoms with Crippen molar-refractivity contribution in [1.82, 2.24) is 0 Å². The topological polar surface area (TPSA) is 42.8 Å². The maximum atomic E-state index is 12.8. The highest BCUT2D eigenvalue weighted by molar-refractivity contribution is 6.30. The Balaban J connectivity index is 1.69. The third-order valence-electron chi connectivity index (χ3n) is 4.09. The van der Waals surface area contributed by atoms with Gasteiger partial charge in [0.2, 0.25) is 0 Å². The number of hydrazone groups is 1. The normalized spacial score (nSPS) is 11.5. The summed E-state index contributed by atoms with van der Waals surface area (Å²) < 4.78 is 49.5. The van der Waals surface area contributed by atoms with E-state index in [1.54, 1.807) is 30.3 Å². The van der Waals surface area contributed by atoms with E-state index < -0.39 is 11.7 Å². The highest BCUT2D eigenvalue weighted by Crippen LogP contribution is 2.31. The smallest absolute Gasteiger partial charge is 0.416 e. The molecule has 0 aliphatic rings. The molecule has 0 bridgehead atoms. The number of hydrogen-bond acceptors (Lipinski definition) is 4. The molecule has 0 aliphatic heterocycles. The molecule has 0 amide bonds. The molecule has 0 fully saturated rings. The first-order valence-corrected chi connectivity index (χ1v) is 9.24. The molecule has 3 aromatic carbocycles. The van der Waals surface area contributed by atoms with Crippen molar-refractivity contribution >= 4 is 23.5 Å². The van der Waals surface area contributed by atoms with E-state index in [1.807, 2.05) is 12.1 Å². The standard InChI is InChI=1S/C22H18ClF3N2O2/c1-29-20-10-7-16(11-21(20)30-14-15-5-8-18(23)9-6-15)13-27-28-19-4-2-3-17(12-19)22(24,25)26/h2-13,28H,14H2,1H3. The van der Waals surface area contributed by atoms with Gasteiger partial charge in [-0.1, -0.05) is 29.8 Å². The van der Waals surface area contributed by atoms with Crippen LogP contribution in [0.4, 0.5) is 18.9 Å². The first-order valence-electron chi connectivity index (χ1n) is 8.87. The summed E-state index contributed by atoms with van der Waals surface area (Å²) >= 11 is 5.88. The lowest BCUT2D eigenvalue weighted by Gasteiger charge is -2.11. The van der Waals surface area contributed by atoms with Gasteiger partial charge in [0.25, 0.3) is 0 Å². The molecule has 4 nitrogen and oxygen atoms in total. The van der Waals surface area contributed by atoms with E-state index in [-0.39, 0.29) is 5.69 Å². The quantitative estimate of drug-likeness (QED) is 0.346. The van der Waals surface area contributed by atoms with Crippen molar-refractivity contribution in [3.8, 4) is 11.5 Å². The van der Waals surface area contributed by atoms with Crippen molar-refractivity contribution in [3.63, 3.8) is 0 Å². The molecule has 0 saturated carbocycles. The van der Waals surface area contributed by atoms with Crippen molar-refractivity contribution in [2.45, 2.75) is 12.8 Å². The minimum atomic E-state index is -4.41. The molecule has 156 valence electrons. The number of anilines is 1. The van der Waals surface area contributed by atoms with E-state index in [9.17, 15) is 13.2 Å². The third-order valence-corrected chi connectivity index (χ3v) is 4.34. The zero-order chi connectivity index (χ0) is 21.6. The van der Waals surface area contributed by atoms with Crippen LogP contribution in [0.2, 0.25) is 5.02 Å². The number of benzene rings is 3. The van der Waals surface area contributed by atoms with Gasteiger partial charge in [0.1, 0.15) is 6.61 Å². The van der Waals surface area contributed by atoms with Crippen LogP contribution in [0.5, 0.6) is 11.5 Å². The predicted octanol–water partition coefficient (Wildman–Crippen LogP) is 6.39. The lowest BCUT2D eigenvalue weighted by Crippen LogP contribution is -2.05. The number of nitrogens with one attached hydrogen (secondary N) is 1. The number of ether oxygens (including phenoxy) is 2. The fourth-order valence-electron chi connectivity index (χ4n) is 2.57. The Morgan fingerprint density at radius 3 is 2.47 bits per heavy atom. The summed E-state index contributed by atoms with van der Waals surface area (Å²) in [6.45, 7) is 0.316. The molecule has 8 heteroatoms. The van der Waals surface area contributed by atoms with E-state index in [1.165, 1.54) is 25.5 Å². The SMILES string of the molecule is COc1ccc(C=NNc2cccc(C(F)(F)F)c2)cc1OCc1ccc(Cl)cc1. The number of methoxy groups -OCH3 is 1. The van der Waals surface area contributed by atoms with Gasteiger partial charge in [-0.05, 0) is 59.7 Å². The van der Waals surface area contributed by atoms with Crippen molar-refractivity contribution in [2.75, 3.05) is 12.5 Å². The maximum Gasteiger partial charge on any atom is 0.416 e. The van der Waals surface area contributed by atoms with Gasteiger partial charge in [-0.15, -0.1) is 0 Å². The lowest BCUT2D eigenvalue weighted by molar-refractivity contribution is -0.137. The Morgan fingerprint density at radius 2 is 1.77 bits per heavy atom. The molecule has 0 atom stereocenters. The summed E-state index contributed by atoms with van der Waals surface area (Å²) in [5, 5.41) is 4.65. The largest absolute Gasteiger partial charge is 0.493 e.